The van der Waals surface area contributed by atoms with Crippen LogP contribution in [-0.2, 0) is 14.3 Å². The summed E-state index contributed by atoms with van der Waals surface area (Å²) in [6, 6.07) is 0. The number of hydrogen-bond acceptors (Lipinski definition) is 6. The number of carbonyl (C=O) groups excluding carboxylic acids is 3. The first-order valence-electron chi connectivity index (χ1n) is 13.8. The lowest BCUT2D eigenvalue weighted by Gasteiger charge is -2.62. The molecular formula is C29H42N2O5. The molecular weight excluding hydrogens is 456 g/mol. The molecule has 2 amide bonds. The highest BCUT2D eigenvalue weighted by molar-refractivity contribution is 5.93. The molecule has 5 aliphatic rings. The highest BCUT2D eigenvalue weighted by Crippen LogP contribution is 2.68. The zero-order valence-electron chi connectivity index (χ0n) is 22.2. The van der Waals surface area contributed by atoms with Gasteiger partial charge in [-0.15, -0.1) is 12.3 Å². The highest BCUT2D eigenvalue weighted by atomic mass is 16.6. The van der Waals surface area contributed by atoms with Gasteiger partial charge in [0.2, 0.25) is 5.91 Å². The van der Waals surface area contributed by atoms with Crippen molar-refractivity contribution < 1.29 is 24.2 Å². The molecule has 2 N–H and O–H groups in total. The number of terminal acetylenes is 1. The number of alkyl carbamates (subject to hydrolysis) is 1. The van der Waals surface area contributed by atoms with Crippen LogP contribution in [0.4, 0.5) is 4.79 Å². The third-order valence-electron chi connectivity index (χ3n) is 11.6. The lowest BCUT2D eigenvalue weighted by atomic mass is 9.43. The van der Waals surface area contributed by atoms with Gasteiger partial charge in [-0.05, 0) is 61.8 Å². The summed E-state index contributed by atoms with van der Waals surface area (Å²) in [5.41, 5.74) is -1.61. The monoisotopic (exact) mass is 498 g/mol. The van der Waals surface area contributed by atoms with E-state index >= 15 is 0 Å². The smallest absolute Gasteiger partial charge is 0.414 e. The van der Waals surface area contributed by atoms with Crippen molar-refractivity contribution in [2.24, 2.45) is 45.8 Å². The molecule has 11 atom stereocenters. The zero-order chi connectivity index (χ0) is 26.0. The molecule has 0 aromatic heterocycles. The second-order valence-corrected chi connectivity index (χ2v) is 13.2. The van der Waals surface area contributed by atoms with E-state index < -0.39 is 29.1 Å². The Bertz CT molecular complexity index is 991. The van der Waals surface area contributed by atoms with E-state index in [9.17, 15) is 19.5 Å². The summed E-state index contributed by atoms with van der Waals surface area (Å²) in [6.45, 7) is 10.9. The van der Waals surface area contributed by atoms with Crippen LogP contribution in [0.1, 0.15) is 72.6 Å². The summed E-state index contributed by atoms with van der Waals surface area (Å²) < 4.78 is 6.16. The molecule has 0 aromatic carbocycles. The van der Waals surface area contributed by atoms with Gasteiger partial charge in [0.05, 0.1) is 12.0 Å². The van der Waals surface area contributed by atoms with Gasteiger partial charge in [-0.1, -0.05) is 27.7 Å². The second-order valence-electron chi connectivity index (χ2n) is 13.2. The lowest BCUT2D eigenvalue weighted by molar-refractivity contribution is -0.197. The van der Waals surface area contributed by atoms with E-state index in [0.29, 0.717) is 31.7 Å². The van der Waals surface area contributed by atoms with E-state index in [1.54, 1.807) is 0 Å². The number of fused-ring (bicyclic) bond motifs is 2. The summed E-state index contributed by atoms with van der Waals surface area (Å²) in [5.74, 6) is 2.55. The molecule has 0 spiro atoms. The Hall–Kier alpha value is -1.91. The number of imide groups is 1. The van der Waals surface area contributed by atoms with Crippen LogP contribution in [0, 0.1) is 58.2 Å². The van der Waals surface area contributed by atoms with Crippen LogP contribution in [-0.4, -0.2) is 59.6 Å². The molecule has 7 nitrogen and oxygen atoms in total. The van der Waals surface area contributed by atoms with Gasteiger partial charge >= 0.3 is 6.09 Å². The number of rotatable bonds is 3. The highest BCUT2D eigenvalue weighted by Gasteiger charge is 2.68. The molecule has 2 aliphatic heterocycles. The average molecular weight is 499 g/mol. The number of aliphatic hydroxyl groups is 1. The third kappa shape index (κ3) is 3.66. The minimum Gasteiger partial charge on any atom is -0.445 e. The quantitative estimate of drug-likeness (QED) is 0.579. The number of aliphatic hydroxyl groups excluding tert-OH is 1. The van der Waals surface area contributed by atoms with E-state index in [4.69, 9.17) is 11.2 Å². The topological polar surface area (TPSA) is 95.9 Å². The zero-order valence-corrected chi connectivity index (χ0v) is 22.2. The fourth-order valence-corrected chi connectivity index (χ4v) is 9.20. The fraction of sp³-hybridized carbons (Fsp3) is 0.828. The number of ether oxygens (including phenoxy) is 1. The number of hydrogen-bond donors (Lipinski definition) is 2. The van der Waals surface area contributed by atoms with Crippen molar-refractivity contribution in [3.05, 3.63) is 0 Å². The van der Waals surface area contributed by atoms with E-state index in [0.717, 1.165) is 38.8 Å². The first kappa shape index (κ1) is 25.7. The molecule has 36 heavy (non-hydrogen) atoms. The molecule has 5 rings (SSSR count). The molecule has 3 unspecified atom stereocenters. The Morgan fingerprint density at radius 2 is 1.97 bits per heavy atom. The Morgan fingerprint density at radius 1 is 1.22 bits per heavy atom. The number of piperidine rings is 1. The van der Waals surface area contributed by atoms with E-state index in [-0.39, 0.29) is 40.8 Å². The average Bonchev–Trinajstić information content (AvgIpc) is 3.55. The van der Waals surface area contributed by atoms with Crippen LogP contribution in [0.2, 0.25) is 0 Å². The minimum atomic E-state index is -0.746. The Morgan fingerprint density at radius 3 is 2.61 bits per heavy atom. The van der Waals surface area contributed by atoms with Crippen LogP contribution >= 0.6 is 0 Å². The third-order valence-corrected chi connectivity index (χ3v) is 11.6. The van der Waals surface area contributed by atoms with E-state index in [1.807, 2.05) is 6.92 Å². The maximum Gasteiger partial charge on any atom is 0.414 e. The largest absolute Gasteiger partial charge is 0.445 e. The molecule has 3 aliphatic carbocycles. The molecule has 198 valence electrons. The van der Waals surface area contributed by atoms with E-state index in [2.05, 4.69) is 36.9 Å². The standard InChI is InChI=1S/C29H42N2O5/c1-6-10-27(4)14-22(36-26(35)30-25(34)20-16-31-13-9-19(20)15-31)28(5)17(2)7-11-29(18(3)24(27)33)12-8-21(32)23(28)29/h1,17-20,22-24,33H,7-16H2,2-5H3,(H,30,34,35)/t17-,18+,19-,20+,22-,23?,24+,27-,28+,29?/m1/s1. The number of nitrogens with zero attached hydrogens (tertiary/aromatic N) is 1. The van der Waals surface area contributed by atoms with Crippen LogP contribution in [0.5, 0.6) is 0 Å². The van der Waals surface area contributed by atoms with Crippen molar-refractivity contribution in [3.63, 3.8) is 0 Å². The predicted molar refractivity (Wildman–Crippen MR) is 134 cm³/mol. The van der Waals surface area contributed by atoms with Crippen LogP contribution in [0.15, 0.2) is 0 Å². The first-order chi connectivity index (χ1) is 17.0. The van der Waals surface area contributed by atoms with Crippen molar-refractivity contribution >= 4 is 17.8 Å². The molecule has 3 saturated carbocycles. The summed E-state index contributed by atoms with van der Waals surface area (Å²) in [5, 5.41) is 14.2. The van der Waals surface area contributed by atoms with Crippen molar-refractivity contribution in [2.75, 3.05) is 19.6 Å². The minimum absolute atomic E-state index is 0.0942. The molecule has 2 saturated heterocycles. The molecule has 2 heterocycles. The lowest BCUT2D eigenvalue weighted by Crippen LogP contribution is -2.63. The van der Waals surface area contributed by atoms with Crippen molar-refractivity contribution in [1.29, 1.82) is 0 Å². The number of amides is 2. The van der Waals surface area contributed by atoms with Crippen LogP contribution in [0.25, 0.3) is 0 Å². The number of carbonyl (C=O) groups is 3. The summed E-state index contributed by atoms with van der Waals surface area (Å²) in [6.07, 6.45) is 8.37. The van der Waals surface area contributed by atoms with Gasteiger partial charge in [0.15, 0.2) is 0 Å². The molecule has 0 aromatic rings. The van der Waals surface area contributed by atoms with Crippen molar-refractivity contribution in [2.45, 2.75) is 84.8 Å². The summed E-state index contributed by atoms with van der Waals surface area (Å²) in [4.78, 5) is 42.0. The Balaban J connectivity index is 1.47. The number of Topliss-reactive ketones (excluding diaryl/α,β-unsaturated/α-hetero) is 1. The van der Waals surface area contributed by atoms with Crippen LogP contribution in [0.3, 0.4) is 0 Å². The van der Waals surface area contributed by atoms with Crippen LogP contribution < -0.4 is 5.32 Å². The van der Waals surface area contributed by atoms with Gasteiger partial charge in [-0.25, -0.2) is 4.79 Å². The van der Waals surface area contributed by atoms with Gasteiger partial charge in [0.1, 0.15) is 11.9 Å². The summed E-state index contributed by atoms with van der Waals surface area (Å²) >= 11 is 0. The molecule has 7 heteroatoms. The SMILES string of the molecule is C#CC[C@]1(C)C[C@@H](OC(=O)NC(=O)[C@H]2CN3CC[C@@H]2C3)[C@@]2(C)C3C(=O)CCC3(CC[C@H]2C)[C@@H](C)[C@@H]1O. The normalized spacial score (nSPS) is 49.5. The number of ketones is 1. The molecule has 0 radical (unpaired) electrons. The maximum absolute atomic E-state index is 13.5. The van der Waals surface area contributed by atoms with Gasteiger partial charge in [-0.3, -0.25) is 14.9 Å². The van der Waals surface area contributed by atoms with Gasteiger partial charge in [0, 0.05) is 42.7 Å². The predicted octanol–water partition coefficient (Wildman–Crippen LogP) is 3.39. The Labute approximate surface area is 215 Å². The van der Waals surface area contributed by atoms with Gasteiger partial charge < -0.3 is 14.7 Å². The summed E-state index contributed by atoms with van der Waals surface area (Å²) in [7, 11) is 0. The van der Waals surface area contributed by atoms with Crippen molar-refractivity contribution in [3.8, 4) is 12.3 Å². The molecule has 5 fully saturated rings. The Kier molecular flexibility index (Phi) is 6.32. The van der Waals surface area contributed by atoms with E-state index in [1.165, 1.54) is 0 Å². The number of nitrogens with one attached hydrogen (secondary N) is 1. The first-order valence-corrected chi connectivity index (χ1v) is 13.8. The van der Waals surface area contributed by atoms with Gasteiger partial charge in [-0.2, -0.15) is 0 Å². The maximum atomic E-state index is 13.5. The molecule has 4 bridgehead atoms. The van der Waals surface area contributed by atoms with Crippen molar-refractivity contribution in [1.82, 2.24) is 10.2 Å². The fourth-order valence-electron chi connectivity index (χ4n) is 9.20. The van der Waals surface area contributed by atoms with Gasteiger partial charge in [0.25, 0.3) is 0 Å². The second kappa shape index (κ2) is 8.84.